The number of ether oxygens (including phenoxy) is 4. The monoisotopic (exact) mass is 704 g/mol. The van der Waals surface area contributed by atoms with E-state index in [-0.39, 0.29) is 36.5 Å². The van der Waals surface area contributed by atoms with Crippen molar-refractivity contribution in [1.82, 2.24) is 9.80 Å². The molecular formula is C34H44N2O10S2. The highest BCUT2D eigenvalue weighted by molar-refractivity contribution is 8.78. The van der Waals surface area contributed by atoms with Gasteiger partial charge in [0.05, 0.1) is 61.2 Å². The number of fused-ring (bicyclic) bond motifs is 3. The second-order valence-corrected chi connectivity index (χ2v) is 16.5. The summed E-state index contributed by atoms with van der Waals surface area (Å²) >= 11 is 0. The lowest BCUT2D eigenvalue weighted by atomic mass is 9.91. The first kappa shape index (κ1) is 34.9. The summed E-state index contributed by atoms with van der Waals surface area (Å²) in [5, 5.41) is 21.5. The Morgan fingerprint density at radius 2 is 1.17 bits per heavy atom. The molecule has 0 aromatic rings. The van der Waals surface area contributed by atoms with Gasteiger partial charge < -0.3 is 39.0 Å². The predicted molar refractivity (Wildman–Crippen MR) is 177 cm³/mol. The van der Waals surface area contributed by atoms with Crippen molar-refractivity contribution in [2.45, 2.75) is 113 Å². The molecule has 2 amide bonds. The average molecular weight is 705 g/mol. The number of hydrogen-bond donors (Lipinski definition) is 2. The minimum Gasteiger partial charge on any atom is -0.473 e. The molecule has 14 heteroatoms. The van der Waals surface area contributed by atoms with Gasteiger partial charge in [0, 0.05) is 12.8 Å². The van der Waals surface area contributed by atoms with Crippen LogP contribution in [0.5, 0.6) is 0 Å². The van der Waals surface area contributed by atoms with Crippen LogP contribution in [0, 0.1) is 23.7 Å². The zero-order valence-corrected chi connectivity index (χ0v) is 29.6. The highest BCUT2D eigenvalue weighted by Crippen LogP contribution is 2.69. The number of amides is 2. The number of nitrogens with zero attached hydrogens (tertiary/aromatic N) is 2. The molecule has 6 unspecified atom stereocenters. The van der Waals surface area contributed by atoms with Crippen LogP contribution in [0.4, 0.5) is 0 Å². The van der Waals surface area contributed by atoms with Gasteiger partial charge in [0.15, 0.2) is 9.74 Å². The molecule has 0 radical (unpaired) electrons. The lowest BCUT2D eigenvalue weighted by Crippen LogP contribution is -2.77. The summed E-state index contributed by atoms with van der Waals surface area (Å²) in [5.74, 6) is -3.76. The van der Waals surface area contributed by atoms with E-state index in [1.165, 1.54) is 46.6 Å². The molecule has 0 aliphatic carbocycles. The third kappa shape index (κ3) is 5.28. The molecule has 2 bridgehead atoms. The molecule has 12 atom stereocenters. The van der Waals surface area contributed by atoms with Crippen molar-refractivity contribution in [2.24, 2.45) is 23.7 Å². The van der Waals surface area contributed by atoms with Crippen LogP contribution in [0.3, 0.4) is 0 Å². The molecule has 12 nitrogen and oxygen atoms in total. The van der Waals surface area contributed by atoms with E-state index in [2.05, 4.69) is 0 Å². The smallest absolute Gasteiger partial charge is 0.311 e. The van der Waals surface area contributed by atoms with Crippen LogP contribution in [0.25, 0.3) is 0 Å². The second kappa shape index (κ2) is 13.1. The summed E-state index contributed by atoms with van der Waals surface area (Å²) in [6.07, 6.45) is 6.80. The third-order valence-corrected chi connectivity index (χ3v) is 14.5. The van der Waals surface area contributed by atoms with Crippen molar-refractivity contribution < 1.29 is 48.3 Å². The number of carbonyl (C=O) groups excluding carboxylic acids is 4. The largest absolute Gasteiger partial charge is 0.473 e. The highest BCUT2D eigenvalue weighted by atomic mass is 33.1. The number of aliphatic hydroxyl groups is 2. The van der Waals surface area contributed by atoms with Crippen LogP contribution in [-0.4, -0.2) is 90.0 Å². The fourth-order valence-corrected chi connectivity index (χ4v) is 11.2. The molecule has 7 heterocycles. The first-order valence-electron chi connectivity index (χ1n) is 16.7. The third-order valence-electron chi connectivity index (χ3n) is 10.9. The number of esters is 2. The number of piperazine rings is 1. The van der Waals surface area contributed by atoms with Gasteiger partial charge in [-0.15, -0.1) is 0 Å². The van der Waals surface area contributed by atoms with Crippen molar-refractivity contribution >= 4 is 45.3 Å². The Balaban J connectivity index is 1.31. The molecule has 7 aliphatic heterocycles. The van der Waals surface area contributed by atoms with Crippen LogP contribution in [0.15, 0.2) is 48.3 Å². The van der Waals surface area contributed by atoms with E-state index in [9.17, 15) is 29.4 Å². The Labute approximate surface area is 288 Å². The van der Waals surface area contributed by atoms with Crippen LogP contribution in [-0.2, 0) is 38.1 Å². The number of hydrogen-bond acceptors (Lipinski definition) is 12. The Hall–Kier alpha value is -2.94. The summed E-state index contributed by atoms with van der Waals surface area (Å²) in [5.41, 5.74) is 1.24. The fourth-order valence-electron chi connectivity index (χ4n) is 7.46. The molecule has 7 aliphatic rings. The highest BCUT2D eigenvalue weighted by Gasteiger charge is 2.78. The number of rotatable bonds is 10. The van der Waals surface area contributed by atoms with E-state index in [0.29, 0.717) is 24.0 Å². The van der Waals surface area contributed by atoms with E-state index in [4.69, 9.17) is 18.9 Å². The van der Waals surface area contributed by atoms with E-state index >= 15 is 0 Å². The van der Waals surface area contributed by atoms with Gasteiger partial charge in [0.2, 0.25) is 0 Å². The fraction of sp³-hybridized carbons (Fsp3) is 0.647. The summed E-state index contributed by atoms with van der Waals surface area (Å²) < 4.78 is 23.2. The SMILES string of the molecule is CCC(C)C(O)C(C)C(=O)O[C@H]1C=COC=C2C[C@]34SS[C@@]5(CC6=COC=C[C@H](OC(=O)C(C)C(O)C(C)CC)[C@H]6N5C3=O)C(=O)N4[C@@H]21. The minimum absolute atomic E-state index is 0.124. The maximum atomic E-state index is 14.8. The molecule has 5 fully saturated rings. The van der Waals surface area contributed by atoms with E-state index in [1.54, 1.807) is 35.8 Å². The van der Waals surface area contributed by atoms with Gasteiger partial charge in [0.25, 0.3) is 11.8 Å². The van der Waals surface area contributed by atoms with Gasteiger partial charge in [-0.2, -0.15) is 0 Å². The van der Waals surface area contributed by atoms with Gasteiger partial charge in [-0.3, -0.25) is 19.2 Å². The van der Waals surface area contributed by atoms with Crippen LogP contribution in [0.1, 0.15) is 67.2 Å². The molecule has 262 valence electrons. The molecule has 5 saturated heterocycles. The van der Waals surface area contributed by atoms with Gasteiger partial charge in [0.1, 0.15) is 12.2 Å². The van der Waals surface area contributed by atoms with E-state index in [1.807, 2.05) is 27.7 Å². The molecule has 2 spiro atoms. The maximum absolute atomic E-state index is 14.8. The van der Waals surface area contributed by atoms with Gasteiger partial charge >= 0.3 is 11.9 Å². The number of aliphatic hydroxyl groups excluding tert-OH is 2. The van der Waals surface area contributed by atoms with Crippen molar-refractivity contribution in [2.75, 3.05) is 0 Å². The van der Waals surface area contributed by atoms with Crippen LogP contribution >= 0.6 is 21.6 Å². The van der Waals surface area contributed by atoms with Gasteiger partial charge in [-0.05, 0) is 49.0 Å². The van der Waals surface area contributed by atoms with E-state index < -0.39 is 70.0 Å². The Kier molecular flexibility index (Phi) is 9.50. The quantitative estimate of drug-likeness (QED) is 0.252. The maximum Gasteiger partial charge on any atom is 0.311 e. The molecule has 2 N–H and O–H groups in total. The average Bonchev–Trinajstić information content (AvgIpc) is 3.45. The zero-order valence-electron chi connectivity index (χ0n) is 27.9. The standard InChI is InChI=1S/C34H44N2O10S2/c1-7-17(3)27(37)19(5)29(39)45-23-9-11-43-15-21-13-33-32(42)36-26-22(14-34(36,48-47-33)31(41)35(33)25(21)23)16-44-12-10-24(26)46-30(40)20(6)28(38)18(4)8-2/h9-12,15-20,23-28,37-38H,7-8,13-14H2,1-6H3/t17?,18?,19?,20?,23-,24-,25-,26-,27?,28?,33-,34-/m0/s1. The molecule has 0 aromatic heterocycles. The first-order chi connectivity index (χ1) is 22.8. The van der Waals surface area contributed by atoms with Crippen molar-refractivity contribution in [3.8, 4) is 0 Å². The summed E-state index contributed by atoms with van der Waals surface area (Å²) in [4.78, 5) is 56.7. The summed E-state index contributed by atoms with van der Waals surface area (Å²) in [6, 6.07) is -1.62. The zero-order chi connectivity index (χ0) is 34.7. The van der Waals surface area contributed by atoms with Crippen LogP contribution < -0.4 is 0 Å². The van der Waals surface area contributed by atoms with Crippen molar-refractivity contribution in [3.05, 3.63) is 48.3 Å². The van der Waals surface area contributed by atoms with Crippen molar-refractivity contribution in [1.29, 1.82) is 0 Å². The Bertz CT molecular complexity index is 1370. The summed E-state index contributed by atoms with van der Waals surface area (Å²) in [6.45, 7) is 10.8. The van der Waals surface area contributed by atoms with Gasteiger partial charge in [-0.1, -0.05) is 62.1 Å². The lowest BCUT2D eigenvalue weighted by molar-refractivity contribution is -0.174. The predicted octanol–water partition coefficient (Wildman–Crippen LogP) is 3.75. The summed E-state index contributed by atoms with van der Waals surface area (Å²) in [7, 11) is 2.61. The lowest BCUT2D eigenvalue weighted by Gasteiger charge is -2.58. The minimum atomic E-state index is -1.37. The second-order valence-electron chi connectivity index (χ2n) is 13.8. The molecule has 7 rings (SSSR count). The van der Waals surface area contributed by atoms with Crippen LogP contribution in [0.2, 0.25) is 0 Å². The Morgan fingerprint density at radius 1 is 0.792 bits per heavy atom. The molecule has 48 heavy (non-hydrogen) atoms. The molecule has 0 aromatic carbocycles. The van der Waals surface area contributed by atoms with Crippen molar-refractivity contribution in [3.63, 3.8) is 0 Å². The number of carbonyl (C=O) groups is 4. The topological polar surface area (TPSA) is 152 Å². The van der Waals surface area contributed by atoms with E-state index in [0.717, 1.165) is 0 Å². The molecule has 0 saturated carbocycles. The first-order valence-corrected chi connectivity index (χ1v) is 18.8. The Morgan fingerprint density at radius 3 is 1.52 bits per heavy atom. The normalized spacial score (nSPS) is 35.2. The van der Waals surface area contributed by atoms with Gasteiger partial charge in [-0.25, -0.2) is 0 Å². The molecular weight excluding hydrogens is 661 g/mol.